The minimum absolute atomic E-state index is 0.628. The molecule has 0 atom stereocenters. The van der Waals surface area contributed by atoms with Gasteiger partial charge in [0.2, 0.25) is 0 Å². The van der Waals surface area contributed by atoms with E-state index >= 15 is 0 Å². The quantitative estimate of drug-likeness (QED) is 0.772. The number of hydrogen-bond donors (Lipinski definition) is 1. The van der Waals surface area contributed by atoms with E-state index in [9.17, 15) is 0 Å². The summed E-state index contributed by atoms with van der Waals surface area (Å²) in [5.74, 6) is 0.933. The minimum atomic E-state index is 0.628. The molecule has 1 aromatic heterocycles. The molecule has 5 heteroatoms. The van der Waals surface area contributed by atoms with Crippen LogP contribution in [0.25, 0.3) is 11.0 Å². The first-order valence-electron chi connectivity index (χ1n) is 6.24. The summed E-state index contributed by atoms with van der Waals surface area (Å²) in [4.78, 5) is 4.60. The summed E-state index contributed by atoms with van der Waals surface area (Å²) in [6.45, 7) is 0.628. The third-order valence-corrected chi connectivity index (χ3v) is 3.79. The lowest BCUT2D eigenvalue weighted by Gasteiger charge is -2.07. The minimum Gasteiger partial charge on any atom is -0.378 e. The fraction of sp³-hybridized carbons (Fsp3) is 0.133. The van der Waals surface area contributed by atoms with Crippen molar-refractivity contribution in [2.24, 2.45) is 7.05 Å². The van der Waals surface area contributed by atoms with Crippen LogP contribution in [0.5, 0.6) is 0 Å². The third-order valence-electron chi connectivity index (χ3n) is 3.23. The Morgan fingerprint density at radius 1 is 1.10 bits per heavy atom. The lowest BCUT2D eigenvalue weighted by atomic mass is 10.3. The van der Waals surface area contributed by atoms with Gasteiger partial charge in [-0.15, -0.1) is 0 Å². The molecule has 0 spiro atoms. The number of imidazole rings is 1. The van der Waals surface area contributed by atoms with Crippen LogP contribution in [0.4, 0.5) is 5.69 Å². The zero-order valence-corrected chi connectivity index (χ0v) is 12.4. The Morgan fingerprint density at radius 2 is 1.85 bits per heavy atom. The summed E-state index contributed by atoms with van der Waals surface area (Å²) < 4.78 is 2.01. The van der Waals surface area contributed by atoms with E-state index in [4.69, 9.17) is 23.2 Å². The predicted octanol–water partition coefficient (Wildman–Crippen LogP) is 4.49. The Balaban J connectivity index is 1.86. The number of fused-ring (bicyclic) bond motifs is 1. The number of nitrogens with zero attached hydrogens (tertiary/aromatic N) is 2. The Labute approximate surface area is 127 Å². The molecule has 20 heavy (non-hydrogen) atoms. The molecule has 3 aromatic rings. The Bertz CT molecular complexity index is 748. The van der Waals surface area contributed by atoms with Gasteiger partial charge in [-0.25, -0.2) is 4.98 Å². The van der Waals surface area contributed by atoms with E-state index < -0.39 is 0 Å². The lowest BCUT2D eigenvalue weighted by Crippen LogP contribution is -2.05. The van der Waals surface area contributed by atoms with Gasteiger partial charge >= 0.3 is 0 Å². The Hall–Kier alpha value is -1.71. The number of para-hydroxylation sites is 1. The molecule has 0 saturated carbocycles. The molecule has 0 aliphatic carbocycles. The van der Waals surface area contributed by atoms with Gasteiger partial charge in [-0.2, -0.15) is 0 Å². The highest BCUT2D eigenvalue weighted by Gasteiger charge is 2.09. The van der Waals surface area contributed by atoms with Crippen LogP contribution < -0.4 is 5.32 Å². The molecule has 0 amide bonds. The number of aromatic nitrogens is 2. The maximum Gasteiger partial charge on any atom is 0.129 e. The average molecular weight is 306 g/mol. The van der Waals surface area contributed by atoms with Crippen molar-refractivity contribution in [3.63, 3.8) is 0 Å². The van der Waals surface area contributed by atoms with Gasteiger partial charge in [-0.3, -0.25) is 0 Å². The summed E-state index contributed by atoms with van der Waals surface area (Å²) in [6.07, 6.45) is 0. The molecule has 3 nitrogen and oxygen atoms in total. The molecular formula is C15H13Cl2N3. The molecule has 0 saturated heterocycles. The SMILES string of the molecule is Cn1c(CNc2ccc(Cl)cc2)nc2cccc(Cl)c21. The summed E-state index contributed by atoms with van der Waals surface area (Å²) in [7, 11) is 1.97. The third kappa shape index (κ3) is 2.47. The maximum atomic E-state index is 6.21. The molecule has 0 unspecified atom stereocenters. The van der Waals surface area contributed by atoms with Crippen molar-refractivity contribution in [2.45, 2.75) is 6.54 Å². The van der Waals surface area contributed by atoms with Crippen LogP contribution in [0.3, 0.4) is 0 Å². The van der Waals surface area contributed by atoms with Crippen LogP contribution >= 0.6 is 23.2 Å². The molecule has 1 heterocycles. The molecular weight excluding hydrogens is 293 g/mol. The monoisotopic (exact) mass is 305 g/mol. The summed E-state index contributed by atoms with van der Waals surface area (Å²) in [5, 5.41) is 4.77. The fourth-order valence-corrected chi connectivity index (χ4v) is 2.60. The number of rotatable bonds is 3. The number of anilines is 1. The summed E-state index contributed by atoms with van der Waals surface area (Å²) >= 11 is 12.1. The Morgan fingerprint density at radius 3 is 2.55 bits per heavy atom. The second-order valence-corrected chi connectivity index (χ2v) is 5.40. The number of benzene rings is 2. The average Bonchev–Trinajstić information content (AvgIpc) is 2.76. The molecule has 0 radical (unpaired) electrons. The molecule has 1 N–H and O–H groups in total. The standard InChI is InChI=1S/C15H13Cl2N3/c1-20-14(9-18-11-7-5-10(16)6-8-11)19-13-4-2-3-12(17)15(13)20/h2-8,18H,9H2,1H3. The topological polar surface area (TPSA) is 29.9 Å². The largest absolute Gasteiger partial charge is 0.378 e. The highest BCUT2D eigenvalue weighted by atomic mass is 35.5. The summed E-state index contributed by atoms with van der Waals surface area (Å²) in [5.41, 5.74) is 2.88. The van der Waals surface area contributed by atoms with Gasteiger partial charge < -0.3 is 9.88 Å². The predicted molar refractivity (Wildman–Crippen MR) is 84.5 cm³/mol. The van der Waals surface area contributed by atoms with Crippen molar-refractivity contribution < 1.29 is 0 Å². The van der Waals surface area contributed by atoms with E-state index in [1.165, 1.54) is 0 Å². The van der Waals surface area contributed by atoms with Gasteiger partial charge in [0.15, 0.2) is 0 Å². The highest BCUT2D eigenvalue weighted by Crippen LogP contribution is 2.24. The van der Waals surface area contributed by atoms with Gasteiger partial charge in [0.25, 0.3) is 0 Å². The second-order valence-electron chi connectivity index (χ2n) is 4.56. The second kappa shape index (κ2) is 5.35. The first kappa shape index (κ1) is 13.3. The number of aryl methyl sites for hydroxylation is 1. The van der Waals surface area contributed by atoms with Crippen LogP contribution in [0.2, 0.25) is 10.0 Å². The van der Waals surface area contributed by atoms with Gasteiger partial charge in [-0.05, 0) is 36.4 Å². The smallest absolute Gasteiger partial charge is 0.129 e. The van der Waals surface area contributed by atoms with Gasteiger partial charge in [-0.1, -0.05) is 29.3 Å². The first-order chi connectivity index (χ1) is 9.65. The van der Waals surface area contributed by atoms with E-state index in [-0.39, 0.29) is 0 Å². The van der Waals surface area contributed by atoms with Crippen LogP contribution in [0.15, 0.2) is 42.5 Å². The van der Waals surface area contributed by atoms with Crippen LogP contribution in [-0.2, 0) is 13.6 Å². The van der Waals surface area contributed by atoms with Crippen molar-refractivity contribution in [1.82, 2.24) is 9.55 Å². The van der Waals surface area contributed by atoms with Crippen molar-refractivity contribution in [2.75, 3.05) is 5.32 Å². The molecule has 102 valence electrons. The lowest BCUT2D eigenvalue weighted by molar-refractivity contribution is 0.834. The van der Waals surface area contributed by atoms with Crippen LogP contribution in [0, 0.1) is 0 Å². The van der Waals surface area contributed by atoms with E-state index in [0.29, 0.717) is 6.54 Å². The fourth-order valence-electron chi connectivity index (χ4n) is 2.18. The van der Waals surface area contributed by atoms with Crippen molar-refractivity contribution in [1.29, 1.82) is 0 Å². The van der Waals surface area contributed by atoms with E-state index in [2.05, 4.69) is 10.3 Å². The highest BCUT2D eigenvalue weighted by molar-refractivity contribution is 6.35. The molecule has 3 rings (SSSR count). The zero-order chi connectivity index (χ0) is 14.1. The molecule has 0 bridgehead atoms. The normalized spacial score (nSPS) is 10.9. The number of nitrogens with one attached hydrogen (secondary N) is 1. The van der Waals surface area contributed by atoms with Gasteiger partial charge in [0.05, 0.1) is 22.6 Å². The van der Waals surface area contributed by atoms with Crippen molar-refractivity contribution in [3.8, 4) is 0 Å². The molecule has 2 aromatic carbocycles. The molecule has 0 fully saturated rings. The van der Waals surface area contributed by atoms with E-state index in [1.54, 1.807) is 0 Å². The number of hydrogen-bond acceptors (Lipinski definition) is 2. The number of halogens is 2. The van der Waals surface area contributed by atoms with Crippen LogP contribution in [-0.4, -0.2) is 9.55 Å². The van der Waals surface area contributed by atoms with E-state index in [1.807, 2.05) is 54.1 Å². The van der Waals surface area contributed by atoms with Gasteiger partial charge in [0, 0.05) is 17.8 Å². The molecule has 0 aliphatic heterocycles. The van der Waals surface area contributed by atoms with Crippen molar-refractivity contribution in [3.05, 3.63) is 58.3 Å². The molecule has 0 aliphatic rings. The first-order valence-corrected chi connectivity index (χ1v) is 7.00. The maximum absolute atomic E-state index is 6.21. The van der Waals surface area contributed by atoms with Crippen molar-refractivity contribution >= 4 is 39.9 Å². The van der Waals surface area contributed by atoms with Gasteiger partial charge in [0.1, 0.15) is 5.82 Å². The van der Waals surface area contributed by atoms with E-state index in [0.717, 1.165) is 32.6 Å². The Kier molecular flexibility index (Phi) is 3.55. The van der Waals surface area contributed by atoms with Crippen LogP contribution in [0.1, 0.15) is 5.82 Å². The zero-order valence-electron chi connectivity index (χ0n) is 10.9. The summed E-state index contributed by atoms with van der Waals surface area (Å²) in [6, 6.07) is 13.4.